The van der Waals surface area contributed by atoms with E-state index in [1.165, 1.54) is 5.56 Å². The van der Waals surface area contributed by atoms with Gasteiger partial charge in [0.05, 0.1) is 5.69 Å². The zero-order valence-corrected chi connectivity index (χ0v) is 10.7. The molecule has 1 aromatic rings. The van der Waals surface area contributed by atoms with Gasteiger partial charge in [0.25, 0.3) is 0 Å². The van der Waals surface area contributed by atoms with Crippen LogP contribution in [-0.4, -0.2) is 16.7 Å². The lowest BCUT2D eigenvalue weighted by Gasteiger charge is -1.95. The van der Waals surface area contributed by atoms with E-state index in [1.54, 1.807) is 0 Å². The molecule has 72 valence electrons. The molecule has 0 atom stereocenters. The quantitative estimate of drug-likeness (QED) is 0.873. The van der Waals surface area contributed by atoms with Crippen LogP contribution in [0.4, 0.5) is 0 Å². The average molecular weight is 301 g/mol. The summed E-state index contributed by atoms with van der Waals surface area (Å²) in [5.41, 5.74) is 8.90. The van der Waals surface area contributed by atoms with E-state index in [1.807, 2.05) is 13.8 Å². The first-order chi connectivity index (χ1) is 4.75. The average Bonchev–Trinajstić information content (AvgIpc) is 2.20. The van der Waals surface area contributed by atoms with Crippen LogP contribution in [0, 0.1) is 13.8 Å². The molecule has 0 aliphatic rings. The minimum absolute atomic E-state index is 0. The third-order valence-electron chi connectivity index (χ3n) is 1.68. The van der Waals surface area contributed by atoms with E-state index >= 15 is 0 Å². The van der Waals surface area contributed by atoms with Crippen molar-refractivity contribution < 1.29 is 0 Å². The second-order valence-corrected chi connectivity index (χ2v) is 2.45. The van der Waals surface area contributed by atoms with Gasteiger partial charge in [0.1, 0.15) is 0 Å². The number of nitrogens with zero attached hydrogens (tertiary/aromatic N) is 1. The van der Waals surface area contributed by atoms with Crippen molar-refractivity contribution >= 4 is 34.0 Å². The molecule has 0 spiro atoms. The van der Waals surface area contributed by atoms with Gasteiger partial charge in [0.2, 0.25) is 0 Å². The van der Waals surface area contributed by atoms with Crippen LogP contribution < -0.4 is 5.73 Å². The van der Waals surface area contributed by atoms with Gasteiger partial charge in [-0.1, -0.05) is 0 Å². The Bertz CT molecular complexity index is 203. The van der Waals surface area contributed by atoms with E-state index in [0.29, 0.717) is 6.54 Å². The van der Waals surface area contributed by atoms with Gasteiger partial charge in [0.15, 0.2) is 0 Å². The van der Waals surface area contributed by atoms with Gasteiger partial charge in [-0.25, -0.2) is 0 Å². The summed E-state index contributed by atoms with van der Waals surface area (Å²) in [5, 5.41) is 6.97. The third kappa shape index (κ3) is 3.25. The van der Waals surface area contributed by atoms with Crippen LogP contribution in [0.5, 0.6) is 0 Å². The summed E-state index contributed by atoms with van der Waals surface area (Å²) in [7, 11) is 0. The lowest BCUT2D eigenvalue weighted by Crippen LogP contribution is -2.03. The van der Waals surface area contributed by atoms with Crippen LogP contribution in [-0.2, 0) is 6.42 Å². The van der Waals surface area contributed by atoms with E-state index in [9.17, 15) is 0 Å². The molecule has 1 rings (SSSR count). The molecule has 0 saturated heterocycles. The van der Waals surface area contributed by atoms with Crippen molar-refractivity contribution in [2.75, 3.05) is 6.54 Å². The van der Waals surface area contributed by atoms with Crippen molar-refractivity contribution in [1.29, 1.82) is 0 Å². The number of nitrogens with two attached hydrogens (primary N) is 1. The number of aromatic amines is 1. The van der Waals surface area contributed by atoms with Crippen molar-refractivity contribution in [1.82, 2.24) is 10.2 Å². The Kier molecular flexibility index (Phi) is 8.08. The number of hydrogen-bond donors (Lipinski definition) is 2. The predicted molar refractivity (Wildman–Crippen MR) is 61.5 cm³/mol. The number of aromatic nitrogens is 2. The molecule has 0 radical (unpaired) electrons. The topological polar surface area (TPSA) is 54.7 Å². The van der Waals surface area contributed by atoms with E-state index < -0.39 is 0 Å². The van der Waals surface area contributed by atoms with E-state index in [-0.39, 0.29) is 34.0 Å². The Balaban J connectivity index is 0. The molecule has 0 unspecified atom stereocenters. The van der Waals surface area contributed by atoms with Gasteiger partial charge in [-0.05, 0) is 32.4 Å². The number of rotatable bonds is 2. The molecular formula is C7H15Br2N3. The highest BCUT2D eigenvalue weighted by molar-refractivity contribution is 8.93. The summed E-state index contributed by atoms with van der Waals surface area (Å²) in [6.45, 7) is 4.71. The van der Waals surface area contributed by atoms with Gasteiger partial charge in [-0.2, -0.15) is 5.10 Å². The van der Waals surface area contributed by atoms with Crippen molar-refractivity contribution in [2.45, 2.75) is 20.3 Å². The summed E-state index contributed by atoms with van der Waals surface area (Å²) in [6, 6.07) is 0. The summed E-state index contributed by atoms with van der Waals surface area (Å²) < 4.78 is 0. The number of aryl methyl sites for hydroxylation is 2. The Morgan fingerprint density at radius 1 is 1.33 bits per heavy atom. The smallest absolute Gasteiger partial charge is 0.0626 e. The molecule has 0 aliphatic carbocycles. The molecule has 0 fully saturated rings. The molecule has 3 N–H and O–H groups in total. The molecule has 0 aromatic carbocycles. The predicted octanol–water partition coefficient (Wildman–Crippen LogP) is 1.68. The first-order valence-electron chi connectivity index (χ1n) is 3.46. The molecule has 1 aromatic heterocycles. The van der Waals surface area contributed by atoms with E-state index in [2.05, 4.69) is 10.2 Å². The van der Waals surface area contributed by atoms with Crippen LogP contribution in [0.15, 0.2) is 0 Å². The fraction of sp³-hybridized carbons (Fsp3) is 0.571. The second kappa shape index (κ2) is 6.62. The largest absolute Gasteiger partial charge is 0.330 e. The second-order valence-electron chi connectivity index (χ2n) is 2.45. The standard InChI is InChI=1S/C7H13N3.2BrH/c1-5-7(3-4-8)6(2)10-9-5;;/h3-4,8H2,1-2H3,(H,9,10);2*1H. The third-order valence-corrected chi connectivity index (χ3v) is 1.68. The minimum Gasteiger partial charge on any atom is -0.330 e. The molecule has 5 heteroatoms. The van der Waals surface area contributed by atoms with Gasteiger partial charge < -0.3 is 5.73 Å². The van der Waals surface area contributed by atoms with Crippen molar-refractivity contribution in [3.05, 3.63) is 17.0 Å². The number of nitrogens with one attached hydrogen (secondary N) is 1. The zero-order valence-electron chi connectivity index (χ0n) is 7.26. The summed E-state index contributed by atoms with van der Waals surface area (Å²) in [6.07, 6.45) is 0.925. The lowest BCUT2D eigenvalue weighted by atomic mass is 10.1. The monoisotopic (exact) mass is 299 g/mol. The SMILES string of the molecule is Br.Br.Cc1n[nH]c(C)c1CCN. The highest BCUT2D eigenvalue weighted by Gasteiger charge is 2.03. The van der Waals surface area contributed by atoms with Crippen LogP contribution >= 0.6 is 34.0 Å². The first-order valence-corrected chi connectivity index (χ1v) is 3.46. The maximum Gasteiger partial charge on any atom is 0.0626 e. The Morgan fingerprint density at radius 2 is 1.92 bits per heavy atom. The molecule has 0 amide bonds. The van der Waals surface area contributed by atoms with Gasteiger partial charge >= 0.3 is 0 Å². The number of H-pyrrole nitrogens is 1. The molecule has 0 saturated carbocycles. The Hall–Kier alpha value is 0.130. The molecule has 3 nitrogen and oxygen atoms in total. The Morgan fingerprint density at radius 3 is 2.25 bits per heavy atom. The maximum atomic E-state index is 5.42. The minimum atomic E-state index is 0. The summed E-state index contributed by atoms with van der Waals surface area (Å²) >= 11 is 0. The molecule has 1 heterocycles. The first kappa shape index (κ1) is 14.6. The fourth-order valence-corrected chi connectivity index (χ4v) is 1.09. The molecular weight excluding hydrogens is 286 g/mol. The zero-order chi connectivity index (χ0) is 7.56. The van der Waals surface area contributed by atoms with E-state index in [4.69, 9.17) is 5.73 Å². The summed E-state index contributed by atoms with van der Waals surface area (Å²) in [4.78, 5) is 0. The summed E-state index contributed by atoms with van der Waals surface area (Å²) in [5.74, 6) is 0. The molecule has 0 bridgehead atoms. The number of hydrogen-bond acceptors (Lipinski definition) is 2. The van der Waals surface area contributed by atoms with Crippen LogP contribution in [0.1, 0.15) is 17.0 Å². The molecule has 0 aliphatic heterocycles. The Labute approximate surface area is 93.7 Å². The molecule has 12 heavy (non-hydrogen) atoms. The van der Waals surface area contributed by atoms with Crippen LogP contribution in [0.2, 0.25) is 0 Å². The van der Waals surface area contributed by atoms with Gasteiger partial charge in [-0.15, -0.1) is 34.0 Å². The fourth-order valence-electron chi connectivity index (χ4n) is 1.09. The van der Waals surface area contributed by atoms with Crippen LogP contribution in [0.3, 0.4) is 0 Å². The highest BCUT2D eigenvalue weighted by atomic mass is 79.9. The lowest BCUT2D eigenvalue weighted by molar-refractivity contribution is 0.949. The van der Waals surface area contributed by atoms with Gasteiger partial charge in [-0.3, -0.25) is 5.10 Å². The van der Waals surface area contributed by atoms with Crippen LogP contribution in [0.25, 0.3) is 0 Å². The maximum absolute atomic E-state index is 5.42. The highest BCUT2D eigenvalue weighted by Crippen LogP contribution is 2.08. The van der Waals surface area contributed by atoms with Crippen molar-refractivity contribution in [2.24, 2.45) is 5.73 Å². The number of halogens is 2. The normalized spacial score (nSPS) is 8.58. The van der Waals surface area contributed by atoms with Crippen molar-refractivity contribution in [3.8, 4) is 0 Å². The van der Waals surface area contributed by atoms with Crippen molar-refractivity contribution in [3.63, 3.8) is 0 Å². The van der Waals surface area contributed by atoms with E-state index in [0.717, 1.165) is 17.8 Å². The van der Waals surface area contributed by atoms with Gasteiger partial charge in [0, 0.05) is 5.69 Å².